The lowest BCUT2D eigenvalue weighted by molar-refractivity contribution is -0.142. The number of ether oxygens (including phenoxy) is 1. The highest BCUT2D eigenvalue weighted by Gasteiger charge is 2.34. The van der Waals surface area contributed by atoms with Crippen LogP contribution in [0.5, 0.6) is 5.75 Å². The molecule has 5 N–H and O–H groups in total. The highest BCUT2D eigenvalue weighted by atomic mass is 19.4. The quantitative estimate of drug-likeness (QED) is 0.126. The molecule has 0 aromatic heterocycles. The predicted molar refractivity (Wildman–Crippen MR) is 196 cm³/mol. The molecule has 11 nitrogen and oxygen atoms in total. The molecule has 2 aliphatic rings. The van der Waals surface area contributed by atoms with Crippen molar-refractivity contribution in [3.63, 3.8) is 0 Å². The third kappa shape index (κ3) is 12.3. The zero-order chi connectivity index (χ0) is 42.0. The SMILES string of the molecule is O=C1COc2ccc(cc2)C[C@@H](C(=O)O)NC(=O)[C@@H](CCc2ccccc2)NC(=O)[C@H](Cc2ccc(C(F)(F)F)cc2)NC(=O)[C@@H](Cc2ccc(C(F)(F)F)cc2)N1. The van der Waals surface area contributed by atoms with Crippen molar-refractivity contribution in [1.29, 1.82) is 0 Å². The fourth-order valence-corrected chi connectivity index (χ4v) is 6.13. The molecule has 58 heavy (non-hydrogen) atoms. The number of carbonyl (C=O) groups is 5. The second-order valence-electron chi connectivity index (χ2n) is 13.6. The van der Waals surface area contributed by atoms with E-state index in [1.54, 1.807) is 30.3 Å². The molecule has 17 heteroatoms. The van der Waals surface area contributed by atoms with Crippen molar-refractivity contribution in [3.05, 3.63) is 137 Å². The second kappa shape index (κ2) is 18.7. The molecular weight excluding hydrogens is 774 g/mol. The first-order valence-corrected chi connectivity index (χ1v) is 18.0. The molecule has 0 fully saturated rings. The van der Waals surface area contributed by atoms with E-state index in [0.717, 1.165) is 54.1 Å². The van der Waals surface area contributed by atoms with Crippen molar-refractivity contribution in [2.45, 2.75) is 68.6 Å². The minimum Gasteiger partial charge on any atom is -0.484 e. The van der Waals surface area contributed by atoms with Crippen molar-refractivity contribution in [2.75, 3.05) is 6.61 Å². The van der Waals surface area contributed by atoms with Gasteiger partial charge in [-0.2, -0.15) is 26.3 Å². The van der Waals surface area contributed by atoms with Gasteiger partial charge >= 0.3 is 18.3 Å². The first kappa shape index (κ1) is 42.7. The van der Waals surface area contributed by atoms with E-state index in [-0.39, 0.29) is 42.6 Å². The molecule has 4 aromatic carbocycles. The number of aryl methyl sites for hydroxylation is 1. The summed E-state index contributed by atoms with van der Waals surface area (Å²) in [5.41, 5.74) is -0.350. The number of hydrogen-bond donors (Lipinski definition) is 5. The molecule has 0 saturated heterocycles. The summed E-state index contributed by atoms with van der Waals surface area (Å²) in [5, 5.41) is 20.0. The van der Waals surface area contributed by atoms with Gasteiger partial charge in [0.15, 0.2) is 6.61 Å². The molecule has 306 valence electrons. The summed E-state index contributed by atoms with van der Waals surface area (Å²) < 4.78 is 85.5. The zero-order valence-corrected chi connectivity index (χ0v) is 30.5. The Morgan fingerprint density at radius 1 is 0.603 bits per heavy atom. The molecule has 4 amide bonds. The van der Waals surface area contributed by atoms with Crippen LogP contribution in [0.1, 0.15) is 39.8 Å². The van der Waals surface area contributed by atoms with Gasteiger partial charge in [0.1, 0.15) is 29.9 Å². The van der Waals surface area contributed by atoms with Crippen molar-refractivity contribution in [2.24, 2.45) is 0 Å². The van der Waals surface area contributed by atoms with Gasteiger partial charge in [0.25, 0.3) is 5.91 Å². The van der Waals surface area contributed by atoms with Crippen LogP contribution in [-0.4, -0.2) is 65.5 Å². The van der Waals surface area contributed by atoms with E-state index in [0.29, 0.717) is 5.56 Å². The van der Waals surface area contributed by atoms with Gasteiger partial charge in [-0.1, -0.05) is 66.7 Å². The second-order valence-corrected chi connectivity index (χ2v) is 13.6. The largest absolute Gasteiger partial charge is 0.484 e. The van der Waals surface area contributed by atoms with Crippen LogP contribution in [0.2, 0.25) is 0 Å². The first-order chi connectivity index (χ1) is 27.4. The topological polar surface area (TPSA) is 163 Å². The monoisotopic (exact) mass is 812 g/mol. The molecule has 2 heterocycles. The number of hydrogen-bond acceptors (Lipinski definition) is 6. The zero-order valence-electron chi connectivity index (χ0n) is 30.5. The Kier molecular flexibility index (Phi) is 13.8. The van der Waals surface area contributed by atoms with Gasteiger partial charge in [-0.3, -0.25) is 19.2 Å². The van der Waals surface area contributed by atoms with Gasteiger partial charge < -0.3 is 31.1 Å². The fraction of sp³-hybridized carbons (Fsp3) is 0.293. The summed E-state index contributed by atoms with van der Waals surface area (Å²) in [5.74, 6) is -4.89. The van der Waals surface area contributed by atoms with E-state index in [1.807, 2.05) is 0 Å². The summed E-state index contributed by atoms with van der Waals surface area (Å²) >= 11 is 0. The Bertz CT molecular complexity index is 2060. The molecule has 6 rings (SSSR count). The van der Waals surface area contributed by atoms with Gasteiger partial charge in [-0.15, -0.1) is 0 Å². The van der Waals surface area contributed by atoms with Gasteiger partial charge in [0, 0.05) is 19.3 Å². The standard InChI is InChI=1S/C41H38F6N4O7/c42-40(43,44)28-13-6-25(7-14-28)20-32-37(54)50-33(21-26-8-15-29(16-9-26)41(45,46)47)38(55)49-31(19-12-24-4-2-1-3-5-24)36(53)51-34(39(56)57)22-27-10-17-30(18-11-27)58-23-35(52)48-32/h1-11,13-18,31-34H,12,19-23H2,(H,48,52)(H,49,55)(H,50,54)(H,51,53)(H,56,57)/t31-,32-,33+,34+/m1/s1. The van der Waals surface area contributed by atoms with Crippen molar-refractivity contribution in [3.8, 4) is 5.75 Å². The van der Waals surface area contributed by atoms with Crippen LogP contribution in [0.4, 0.5) is 26.3 Å². The fourth-order valence-electron chi connectivity index (χ4n) is 6.13. The molecule has 2 aliphatic heterocycles. The number of carboxylic acids is 1. The summed E-state index contributed by atoms with van der Waals surface area (Å²) in [6, 6.07) is 16.4. The van der Waals surface area contributed by atoms with E-state index in [4.69, 9.17) is 4.74 Å². The lowest BCUT2D eigenvalue weighted by Crippen LogP contribution is -2.59. The van der Waals surface area contributed by atoms with Crippen LogP contribution >= 0.6 is 0 Å². The molecular formula is C41H38F6N4O7. The van der Waals surface area contributed by atoms with Crippen LogP contribution in [0.25, 0.3) is 0 Å². The van der Waals surface area contributed by atoms with Gasteiger partial charge in [0.05, 0.1) is 11.1 Å². The summed E-state index contributed by atoms with van der Waals surface area (Å²) in [4.78, 5) is 67.4. The normalized spacial score (nSPS) is 20.0. The summed E-state index contributed by atoms with van der Waals surface area (Å²) in [6.07, 6.45) is -10.1. The average Bonchev–Trinajstić information content (AvgIpc) is 3.18. The number of aliphatic carboxylic acids is 1. The van der Waals surface area contributed by atoms with E-state index in [2.05, 4.69) is 21.3 Å². The van der Waals surface area contributed by atoms with Crippen molar-refractivity contribution in [1.82, 2.24) is 21.3 Å². The molecule has 0 aliphatic carbocycles. The maximum Gasteiger partial charge on any atom is 0.416 e. The third-order valence-corrected chi connectivity index (χ3v) is 9.27. The minimum absolute atomic E-state index is 0.0481. The van der Waals surface area contributed by atoms with E-state index >= 15 is 0 Å². The number of halogens is 6. The van der Waals surface area contributed by atoms with Crippen LogP contribution in [0.15, 0.2) is 103 Å². The van der Waals surface area contributed by atoms with E-state index in [1.165, 1.54) is 24.3 Å². The number of benzene rings is 4. The van der Waals surface area contributed by atoms with E-state index in [9.17, 15) is 55.4 Å². The number of nitrogens with one attached hydrogen (secondary N) is 4. The molecule has 2 bridgehead atoms. The molecule has 4 atom stereocenters. The Balaban J connectivity index is 1.51. The molecule has 4 aromatic rings. The Morgan fingerprint density at radius 3 is 1.59 bits per heavy atom. The highest BCUT2D eigenvalue weighted by molar-refractivity contribution is 5.95. The maximum absolute atomic E-state index is 14.1. The van der Waals surface area contributed by atoms with Gasteiger partial charge in [0.2, 0.25) is 17.7 Å². The molecule has 0 saturated carbocycles. The molecule has 0 radical (unpaired) electrons. The minimum atomic E-state index is -4.67. The van der Waals surface area contributed by atoms with Crippen LogP contribution < -0.4 is 26.0 Å². The number of carboxylic acid groups (broad SMARTS) is 1. The summed E-state index contributed by atoms with van der Waals surface area (Å²) in [7, 11) is 0. The van der Waals surface area contributed by atoms with E-state index < -0.39 is 90.3 Å². The van der Waals surface area contributed by atoms with Crippen molar-refractivity contribution >= 4 is 29.6 Å². The van der Waals surface area contributed by atoms with Crippen LogP contribution in [-0.2, 0) is 62.0 Å². The Labute approximate surface area is 328 Å². The number of amides is 4. The van der Waals surface area contributed by atoms with Gasteiger partial charge in [-0.05, 0) is 71.5 Å². The molecule has 0 unspecified atom stereocenters. The lowest BCUT2D eigenvalue weighted by Gasteiger charge is -2.26. The van der Waals surface area contributed by atoms with Crippen molar-refractivity contribution < 1.29 is 60.2 Å². The Hall–Kier alpha value is -6.39. The summed E-state index contributed by atoms with van der Waals surface area (Å²) in [6.45, 7) is -0.636. The average molecular weight is 813 g/mol. The lowest BCUT2D eigenvalue weighted by atomic mass is 9.99. The number of fused-ring (bicyclic) bond motifs is 16. The van der Waals surface area contributed by atoms with Crippen LogP contribution in [0.3, 0.4) is 0 Å². The van der Waals surface area contributed by atoms with Gasteiger partial charge in [-0.25, -0.2) is 4.79 Å². The first-order valence-electron chi connectivity index (χ1n) is 18.0. The number of alkyl halides is 6. The number of carbonyl (C=O) groups excluding carboxylic acids is 4. The number of rotatable bonds is 8. The highest BCUT2D eigenvalue weighted by Crippen LogP contribution is 2.30. The maximum atomic E-state index is 14.1. The van der Waals surface area contributed by atoms with Crippen LogP contribution in [0, 0.1) is 0 Å². The third-order valence-electron chi connectivity index (χ3n) is 9.27. The predicted octanol–water partition coefficient (Wildman–Crippen LogP) is 4.80. The Morgan fingerprint density at radius 2 is 1.09 bits per heavy atom. The smallest absolute Gasteiger partial charge is 0.416 e. The molecule has 0 spiro atoms.